The molecule has 0 aliphatic carbocycles. The van der Waals surface area contributed by atoms with Gasteiger partial charge in [0.1, 0.15) is 0 Å². The number of hydrogen-bond donors (Lipinski definition) is 0. The zero-order valence-corrected chi connectivity index (χ0v) is 8.84. The van der Waals surface area contributed by atoms with Crippen LogP contribution in [0.15, 0.2) is 35.4 Å². The number of benzene rings is 1. The molecule has 4 heteroatoms. The lowest BCUT2D eigenvalue weighted by molar-refractivity contribution is 0.0944. The second-order valence-corrected chi connectivity index (χ2v) is 3.52. The molecule has 0 heterocycles. The van der Waals surface area contributed by atoms with Crippen LogP contribution in [0.4, 0.5) is 0 Å². The molecule has 0 saturated carbocycles. The minimum atomic E-state index is 0.268. The molecule has 0 saturated heterocycles. The molecule has 0 aromatic heterocycles. The predicted octanol–water partition coefficient (Wildman–Crippen LogP) is 3.15. The Bertz CT molecular complexity index is 320. The summed E-state index contributed by atoms with van der Waals surface area (Å²) in [6.45, 7) is 3.72. The third-order valence-electron chi connectivity index (χ3n) is 1.97. The van der Waals surface area contributed by atoms with E-state index in [1.807, 2.05) is 37.3 Å². The number of hydrogen-bond acceptors (Lipinski definition) is 2. The van der Waals surface area contributed by atoms with Gasteiger partial charge in [-0.1, -0.05) is 42.4 Å². The van der Waals surface area contributed by atoms with Crippen LogP contribution in [0.5, 0.6) is 0 Å². The van der Waals surface area contributed by atoms with Crippen molar-refractivity contribution in [2.45, 2.75) is 13.5 Å². The Kier molecular flexibility index (Phi) is 5.30. The Morgan fingerprint density at radius 3 is 2.80 bits per heavy atom. The highest BCUT2D eigenvalue weighted by atomic mass is 16.5. The minimum Gasteiger partial charge on any atom is -0.376 e. The lowest BCUT2D eigenvalue weighted by atomic mass is 10.2. The number of rotatable bonds is 6. The van der Waals surface area contributed by atoms with Crippen molar-refractivity contribution >= 4 is 0 Å². The normalized spacial score (nSPS) is 11.8. The molecule has 0 N–H and O–H groups in total. The molecule has 0 amide bonds. The van der Waals surface area contributed by atoms with E-state index in [0.717, 1.165) is 5.56 Å². The van der Waals surface area contributed by atoms with Crippen molar-refractivity contribution in [2.75, 3.05) is 13.2 Å². The fraction of sp³-hybridized carbons (Fsp3) is 0.455. The average molecular weight is 205 g/mol. The molecule has 0 bridgehead atoms. The van der Waals surface area contributed by atoms with Gasteiger partial charge in [-0.15, -0.1) is 0 Å². The summed E-state index contributed by atoms with van der Waals surface area (Å²) < 4.78 is 5.50. The van der Waals surface area contributed by atoms with Crippen molar-refractivity contribution in [3.05, 3.63) is 46.3 Å². The highest BCUT2D eigenvalue weighted by Gasteiger charge is 2.00. The fourth-order valence-corrected chi connectivity index (χ4v) is 1.18. The zero-order valence-electron chi connectivity index (χ0n) is 8.84. The Labute approximate surface area is 89.5 Å². The van der Waals surface area contributed by atoms with Crippen LogP contribution < -0.4 is 0 Å². The molecule has 0 aliphatic heterocycles. The van der Waals surface area contributed by atoms with Crippen molar-refractivity contribution < 1.29 is 4.74 Å². The van der Waals surface area contributed by atoms with Gasteiger partial charge in [-0.2, -0.15) is 0 Å². The van der Waals surface area contributed by atoms with Crippen molar-refractivity contribution in [3.63, 3.8) is 0 Å². The van der Waals surface area contributed by atoms with Crippen LogP contribution >= 0.6 is 0 Å². The Balaban J connectivity index is 2.19. The topological polar surface area (TPSA) is 58.0 Å². The van der Waals surface area contributed by atoms with Gasteiger partial charge in [0.25, 0.3) is 0 Å². The van der Waals surface area contributed by atoms with Crippen molar-refractivity contribution in [1.82, 2.24) is 0 Å². The van der Waals surface area contributed by atoms with Crippen molar-refractivity contribution in [1.29, 1.82) is 0 Å². The van der Waals surface area contributed by atoms with Gasteiger partial charge < -0.3 is 4.74 Å². The van der Waals surface area contributed by atoms with E-state index in [1.54, 1.807) is 0 Å². The van der Waals surface area contributed by atoms with Crippen molar-refractivity contribution in [2.24, 2.45) is 11.0 Å². The van der Waals surface area contributed by atoms with E-state index in [1.165, 1.54) is 0 Å². The summed E-state index contributed by atoms with van der Waals surface area (Å²) in [5.41, 5.74) is 9.30. The Hall–Kier alpha value is -1.51. The Morgan fingerprint density at radius 1 is 1.40 bits per heavy atom. The fourth-order valence-electron chi connectivity index (χ4n) is 1.18. The predicted molar refractivity (Wildman–Crippen MR) is 59.3 cm³/mol. The first-order valence-electron chi connectivity index (χ1n) is 4.95. The van der Waals surface area contributed by atoms with Gasteiger partial charge in [0.15, 0.2) is 0 Å². The van der Waals surface area contributed by atoms with E-state index in [0.29, 0.717) is 19.8 Å². The second kappa shape index (κ2) is 6.87. The zero-order chi connectivity index (χ0) is 10.9. The molecular weight excluding hydrogens is 190 g/mol. The highest BCUT2D eigenvalue weighted by Crippen LogP contribution is 2.03. The van der Waals surface area contributed by atoms with Gasteiger partial charge in [-0.05, 0) is 17.0 Å². The van der Waals surface area contributed by atoms with E-state index in [4.69, 9.17) is 10.3 Å². The van der Waals surface area contributed by atoms with Gasteiger partial charge in [-0.3, -0.25) is 0 Å². The number of azide groups is 1. The van der Waals surface area contributed by atoms with Gasteiger partial charge in [0, 0.05) is 18.1 Å². The molecule has 80 valence electrons. The molecule has 1 rings (SSSR count). The van der Waals surface area contributed by atoms with E-state index < -0.39 is 0 Å². The van der Waals surface area contributed by atoms with Crippen LogP contribution in [0, 0.1) is 5.92 Å². The quantitative estimate of drug-likeness (QED) is 0.400. The molecule has 0 spiro atoms. The molecule has 0 fully saturated rings. The van der Waals surface area contributed by atoms with Crippen LogP contribution in [0.2, 0.25) is 0 Å². The monoisotopic (exact) mass is 205 g/mol. The second-order valence-electron chi connectivity index (χ2n) is 3.52. The molecule has 1 atom stereocenters. The smallest absolute Gasteiger partial charge is 0.0717 e. The lowest BCUT2D eigenvalue weighted by Gasteiger charge is -2.08. The third kappa shape index (κ3) is 5.05. The van der Waals surface area contributed by atoms with Crippen LogP contribution in [0.3, 0.4) is 0 Å². The van der Waals surface area contributed by atoms with Crippen LogP contribution in [-0.4, -0.2) is 13.2 Å². The molecule has 1 aromatic carbocycles. The molecule has 4 nitrogen and oxygen atoms in total. The highest BCUT2D eigenvalue weighted by molar-refractivity contribution is 5.13. The van der Waals surface area contributed by atoms with Gasteiger partial charge in [-0.25, -0.2) is 0 Å². The molecule has 0 radical (unpaired) electrons. The lowest BCUT2D eigenvalue weighted by Crippen LogP contribution is -2.08. The maximum Gasteiger partial charge on any atom is 0.0717 e. The molecule has 1 aromatic rings. The summed E-state index contributed by atoms with van der Waals surface area (Å²) >= 11 is 0. The summed E-state index contributed by atoms with van der Waals surface area (Å²) in [6.07, 6.45) is 0. The van der Waals surface area contributed by atoms with Gasteiger partial charge >= 0.3 is 0 Å². The summed E-state index contributed by atoms with van der Waals surface area (Å²) in [7, 11) is 0. The van der Waals surface area contributed by atoms with Crippen LogP contribution in [0.25, 0.3) is 10.4 Å². The SMILES string of the molecule is C[C@H](CN=[N+]=[N-])COCc1ccccc1. The van der Waals surface area contributed by atoms with E-state index in [9.17, 15) is 0 Å². The standard InChI is InChI=1S/C11H15N3O/c1-10(7-13-14-12)8-15-9-11-5-3-2-4-6-11/h2-6,10H,7-9H2,1H3/t10-/m1/s1. The minimum absolute atomic E-state index is 0.268. The van der Waals surface area contributed by atoms with Gasteiger partial charge in [0.05, 0.1) is 6.61 Å². The van der Waals surface area contributed by atoms with Crippen LogP contribution in [0.1, 0.15) is 12.5 Å². The summed E-state index contributed by atoms with van der Waals surface area (Å²) in [5.74, 6) is 0.268. The maximum absolute atomic E-state index is 8.14. The summed E-state index contributed by atoms with van der Waals surface area (Å²) in [5, 5.41) is 3.50. The Morgan fingerprint density at radius 2 is 2.13 bits per heavy atom. The largest absolute Gasteiger partial charge is 0.376 e. The maximum atomic E-state index is 8.14. The van der Waals surface area contributed by atoms with Crippen molar-refractivity contribution in [3.8, 4) is 0 Å². The average Bonchev–Trinajstić information content (AvgIpc) is 2.28. The summed E-state index contributed by atoms with van der Waals surface area (Å²) in [4.78, 5) is 2.71. The first-order chi connectivity index (χ1) is 7.33. The number of nitrogens with zero attached hydrogens (tertiary/aromatic N) is 3. The van der Waals surface area contributed by atoms with Gasteiger partial charge in [0.2, 0.25) is 0 Å². The molecule has 0 aliphatic rings. The number of ether oxygens (including phenoxy) is 1. The third-order valence-corrected chi connectivity index (χ3v) is 1.97. The molecule has 15 heavy (non-hydrogen) atoms. The molecular formula is C11H15N3O. The van der Waals surface area contributed by atoms with E-state index in [-0.39, 0.29) is 5.92 Å². The summed E-state index contributed by atoms with van der Waals surface area (Å²) in [6, 6.07) is 10.0. The molecule has 0 unspecified atom stereocenters. The van der Waals surface area contributed by atoms with E-state index >= 15 is 0 Å². The first kappa shape index (κ1) is 11.6. The first-order valence-corrected chi connectivity index (χ1v) is 4.95. The van der Waals surface area contributed by atoms with E-state index in [2.05, 4.69) is 10.0 Å². The van der Waals surface area contributed by atoms with Crippen LogP contribution in [-0.2, 0) is 11.3 Å².